The van der Waals surface area contributed by atoms with E-state index < -0.39 is 0 Å². The summed E-state index contributed by atoms with van der Waals surface area (Å²) in [6.07, 6.45) is 1.93. The number of furan rings is 1. The van der Waals surface area contributed by atoms with Gasteiger partial charge in [-0.2, -0.15) is 0 Å². The van der Waals surface area contributed by atoms with Gasteiger partial charge in [-0.3, -0.25) is 0 Å². The van der Waals surface area contributed by atoms with E-state index in [2.05, 4.69) is 67.9 Å². The second-order valence-electron chi connectivity index (χ2n) is 5.29. The van der Waals surface area contributed by atoms with Gasteiger partial charge in [-0.15, -0.1) is 0 Å². The zero-order valence-electron chi connectivity index (χ0n) is 12.4. The van der Waals surface area contributed by atoms with Gasteiger partial charge in [-0.05, 0) is 62.8 Å². The lowest BCUT2D eigenvalue weighted by Gasteiger charge is -2.13. The van der Waals surface area contributed by atoms with Gasteiger partial charge in [0, 0.05) is 6.54 Å². The Labute approximate surface area is 142 Å². The molecule has 4 nitrogen and oxygen atoms in total. The summed E-state index contributed by atoms with van der Waals surface area (Å²) in [5.74, 6) is 2.62. The Balaban J connectivity index is 2.44. The van der Waals surface area contributed by atoms with Crippen LogP contribution in [0, 0.1) is 5.92 Å². The molecule has 0 radical (unpaired) electrons. The summed E-state index contributed by atoms with van der Waals surface area (Å²) >= 11 is 6.94. The molecule has 2 aromatic rings. The first-order chi connectivity index (χ1) is 10.0. The van der Waals surface area contributed by atoms with Crippen molar-refractivity contribution in [1.82, 2.24) is 9.97 Å². The van der Waals surface area contributed by atoms with Crippen molar-refractivity contribution in [3.8, 4) is 11.6 Å². The van der Waals surface area contributed by atoms with Crippen LogP contribution in [0.1, 0.15) is 32.9 Å². The molecule has 0 aliphatic rings. The molecule has 0 atom stereocenters. The molecule has 0 aromatic carbocycles. The van der Waals surface area contributed by atoms with Crippen LogP contribution in [-0.4, -0.2) is 16.5 Å². The van der Waals surface area contributed by atoms with Crippen molar-refractivity contribution in [1.29, 1.82) is 0 Å². The van der Waals surface area contributed by atoms with Gasteiger partial charge in [0.25, 0.3) is 0 Å². The van der Waals surface area contributed by atoms with E-state index in [0.717, 1.165) is 35.4 Å². The first kappa shape index (κ1) is 16.5. The largest absolute Gasteiger partial charge is 0.446 e. The highest BCUT2D eigenvalue weighted by Gasteiger charge is 2.16. The van der Waals surface area contributed by atoms with Crippen molar-refractivity contribution in [3.05, 3.63) is 27.0 Å². The second kappa shape index (κ2) is 7.40. The molecule has 0 amide bonds. The van der Waals surface area contributed by atoms with E-state index in [1.54, 1.807) is 0 Å². The van der Waals surface area contributed by atoms with E-state index >= 15 is 0 Å². The van der Waals surface area contributed by atoms with Gasteiger partial charge >= 0.3 is 0 Å². The summed E-state index contributed by atoms with van der Waals surface area (Å²) in [6, 6.07) is 3.72. The molecule has 2 aromatic heterocycles. The maximum absolute atomic E-state index is 5.58. The molecule has 114 valence electrons. The van der Waals surface area contributed by atoms with E-state index in [1.807, 2.05) is 12.1 Å². The predicted molar refractivity (Wildman–Crippen MR) is 92.5 cm³/mol. The van der Waals surface area contributed by atoms with Crippen LogP contribution in [0.5, 0.6) is 0 Å². The van der Waals surface area contributed by atoms with Crippen molar-refractivity contribution in [3.63, 3.8) is 0 Å². The molecule has 21 heavy (non-hydrogen) atoms. The SMILES string of the molecule is CCCNc1nc(-c2ccc(Br)o2)nc(CC(C)C)c1Br. The Morgan fingerprint density at radius 3 is 2.57 bits per heavy atom. The summed E-state index contributed by atoms with van der Waals surface area (Å²) in [6.45, 7) is 7.35. The number of nitrogens with zero attached hydrogens (tertiary/aromatic N) is 2. The van der Waals surface area contributed by atoms with Gasteiger partial charge in [0.15, 0.2) is 16.3 Å². The number of aromatic nitrogens is 2. The molecule has 0 aliphatic heterocycles. The molecule has 0 bridgehead atoms. The Morgan fingerprint density at radius 2 is 2.00 bits per heavy atom. The molecular weight excluding hydrogens is 398 g/mol. The van der Waals surface area contributed by atoms with Crippen LogP contribution in [0.15, 0.2) is 25.7 Å². The summed E-state index contributed by atoms with van der Waals surface area (Å²) in [5, 5.41) is 3.34. The molecular formula is C15H19Br2N3O. The number of hydrogen-bond donors (Lipinski definition) is 1. The van der Waals surface area contributed by atoms with Crippen LogP contribution < -0.4 is 5.32 Å². The normalized spacial score (nSPS) is 11.1. The molecule has 6 heteroatoms. The first-order valence-corrected chi connectivity index (χ1v) is 8.65. The van der Waals surface area contributed by atoms with Crippen LogP contribution >= 0.6 is 31.9 Å². The molecule has 0 fully saturated rings. The van der Waals surface area contributed by atoms with Crippen molar-refractivity contribution in [2.45, 2.75) is 33.6 Å². The molecule has 0 unspecified atom stereocenters. The van der Waals surface area contributed by atoms with Crippen LogP contribution in [0.4, 0.5) is 5.82 Å². The highest BCUT2D eigenvalue weighted by atomic mass is 79.9. The first-order valence-electron chi connectivity index (χ1n) is 7.07. The van der Waals surface area contributed by atoms with E-state index in [9.17, 15) is 0 Å². The van der Waals surface area contributed by atoms with E-state index in [4.69, 9.17) is 4.42 Å². The van der Waals surface area contributed by atoms with Crippen molar-refractivity contribution < 1.29 is 4.42 Å². The van der Waals surface area contributed by atoms with E-state index in [-0.39, 0.29) is 0 Å². The highest BCUT2D eigenvalue weighted by Crippen LogP contribution is 2.30. The minimum Gasteiger partial charge on any atom is -0.446 e. The zero-order chi connectivity index (χ0) is 15.4. The minimum absolute atomic E-state index is 0.520. The number of halogens is 2. The molecule has 0 aliphatic carbocycles. The summed E-state index contributed by atoms with van der Waals surface area (Å²) < 4.78 is 7.20. The van der Waals surface area contributed by atoms with Crippen LogP contribution in [-0.2, 0) is 6.42 Å². The zero-order valence-corrected chi connectivity index (χ0v) is 15.6. The second-order valence-corrected chi connectivity index (χ2v) is 6.86. The van der Waals surface area contributed by atoms with Gasteiger partial charge in [-0.1, -0.05) is 20.8 Å². The van der Waals surface area contributed by atoms with Gasteiger partial charge in [0.1, 0.15) is 5.82 Å². The lowest BCUT2D eigenvalue weighted by atomic mass is 10.1. The fraction of sp³-hybridized carbons (Fsp3) is 0.467. The third-order valence-corrected chi connectivity index (χ3v) is 4.12. The maximum Gasteiger partial charge on any atom is 0.197 e. The Bertz CT molecular complexity index is 611. The van der Waals surface area contributed by atoms with Gasteiger partial charge in [-0.25, -0.2) is 9.97 Å². The topological polar surface area (TPSA) is 51.0 Å². The quantitative estimate of drug-likeness (QED) is 0.695. The molecule has 0 saturated heterocycles. The minimum atomic E-state index is 0.520. The molecule has 2 heterocycles. The number of nitrogens with one attached hydrogen (secondary N) is 1. The van der Waals surface area contributed by atoms with Crippen molar-refractivity contribution >= 4 is 37.7 Å². The number of rotatable bonds is 6. The summed E-state index contributed by atoms with van der Waals surface area (Å²) in [5.41, 5.74) is 1.00. The molecule has 0 spiro atoms. The fourth-order valence-corrected chi connectivity index (χ4v) is 2.71. The average Bonchev–Trinajstić information content (AvgIpc) is 2.86. The lowest BCUT2D eigenvalue weighted by molar-refractivity contribution is 0.550. The third kappa shape index (κ3) is 4.30. The molecule has 2 rings (SSSR count). The monoisotopic (exact) mass is 415 g/mol. The fourth-order valence-electron chi connectivity index (χ4n) is 1.92. The Kier molecular flexibility index (Phi) is 5.81. The number of hydrogen-bond acceptors (Lipinski definition) is 4. The van der Waals surface area contributed by atoms with Crippen LogP contribution in [0.25, 0.3) is 11.6 Å². The van der Waals surface area contributed by atoms with Gasteiger partial charge in [0.2, 0.25) is 0 Å². The van der Waals surface area contributed by atoms with Gasteiger partial charge < -0.3 is 9.73 Å². The van der Waals surface area contributed by atoms with Crippen molar-refractivity contribution in [2.24, 2.45) is 5.92 Å². The maximum atomic E-state index is 5.58. The summed E-state index contributed by atoms with van der Waals surface area (Å²) in [4.78, 5) is 9.23. The Morgan fingerprint density at radius 1 is 1.24 bits per heavy atom. The highest BCUT2D eigenvalue weighted by molar-refractivity contribution is 9.10. The third-order valence-electron chi connectivity index (χ3n) is 2.86. The predicted octanol–water partition coefficient (Wildman–Crippen LogP) is 5.28. The molecule has 0 saturated carbocycles. The van der Waals surface area contributed by atoms with Gasteiger partial charge in [0.05, 0.1) is 10.2 Å². The van der Waals surface area contributed by atoms with E-state index in [1.165, 1.54) is 0 Å². The average molecular weight is 417 g/mol. The smallest absolute Gasteiger partial charge is 0.197 e. The van der Waals surface area contributed by atoms with Crippen LogP contribution in [0.3, 0.4) is 0 Å². The van der Waals surface area contributed by atoms with Crippen LogP contribution in [0.2, 0.25) is 0 Å². The van der Waals surface area contributed by atoms with Crippen molar-refractivity contribution in [2.75, 3.05) is 11.9 Å². The Hall–Kier alpha value is -0.880. The molecule has 1 N–H and O–H groups in total. The standard InChI is InChI=1S/C15H19Br2N3O/c1-4-7-18-15-13(17)10(8-9(2)3)19-14(20-15)11-5-6-12(16)21-11/h5-6,9H,4,7-8H2,1-3H3,(H,18,19,20). The number of anilines is 1. The lowest BCUT2D eigenvalue weighted by Crippen LogP contribution is -2.08. The van der Waals surface area contributed by atoms with E-state index in [0.29, 0.717) is 22.2 Å². The summed E-state index contributed by atoms with van der Waals surface area (Å²) in [7, 11) is 0.